The lowest BCUT2D eigenvalue weighted by Gasteiger charge is -2.34. The Kier molecular flexibility index (Phi) is 4.08. The maximum absolute atomic E-state index is 12.6. The molecule has 0 atom stereocenters. The number of Topliss-reactive ketones (excluding diaryl/α,β-unsaturated/α-hetero) is 1. The summed E-state index contributed by atoms with van der Waals surface area (Å²) in [5, 5.41) is 0. The van der Waals surface area contributed by atoms with Crippen LogP contribution in [-0.4, -0.2) is 23.8 Å². The highest BCUT2D eigenvalue weighted by Crippen LogP contribution is 2.49. The zero-order valence-corrected chi connectivity index (χ0v) is 14.6. The summed E-state index contributed by atoms with van der Waals surface area (Å²) in [4.78, 5) is 14.9. The fraction of sp³-hybridized carbons (Fsp3) is 0.318. The number of carbonyl (C=O) groups is 1. The summed E-state index contributed by atoms with van der Waals surface area (Å²) in [6, 6.07) is 20.6. The van der Waals surface area contributed by atoms with E-state index in [0.29, 0.717) is 12.8 Å². The molecule has 0 aromatic heterocycles. The Balaban J connectivity index is 1.82. The predicted molar refractivity (Wildman–Crippen MR) is 97.9 cm³/mol. The zero-order chi connectivity index (χ0) is 17.3. The molecule has 25 heavy (non-hydrogen) atoms. The molecule has 4 rings (SSSR count). The van der Waals surface area contributed by atoms with E-state index >= 15 is 0 Å². The number of hydrogen-bond acceptors (Lipinski definition) is 3. The second kappa shape index (κ2) is 6.40. The van der Waals surface area contributed by atoms with Crippen molar-refractivity contribution < 1.29 is 9.53 Å². The van der Waals surface area contributed by atoms with Crippen molar-refractivity contribution in [3.8, 4) is 0 Å². The molecule has 2 aromatic rings. The molecule has 0 aliphatic carbocycles. The number of carbonyl (C=O) groups excluding carboxylic acids is 1. The maximum Gasteiger partial charge on any atom is 0.197 e. The van der Waals surface area contributed by atoms with Gasteiger partial charge in [-0.05, 0) is 6.42 Å². The number of hydrogen-bond donors (Lipinski definition) is 0. The number of benzene rings is 2. The first-order valence-corrected chi connectivity index (χ1v) is 9.06. The molecule has 2 aliphatic heterocycles. The Morgan fingerprint density at radius 3 is 2.16 bits per heavy atom. The van der Waals surface area contributed by atoms with Gasteiger partial charge in [0.25, 0.3) is 0 Å². The highest BCUT2D eigenvalue weighted by Gasteiger charge is 2.48. The van der Waals surface area contributed by atoms with Crippen LogP contribution in [0.4, 0.5) is 0 Å². The average molecular weight is 333 g/mol. The molecule has 3 nitrogen and oxygen atoms in total. The van der Waals surface area contributed by atoms with Gasteiger partial charge in [-0.2, -0.15) is 0 Å². The van der Waals surface area contributed by atoms with Crippen molar-refractivity contribution in [3.05, 3.63) is 83.2 Å². The van der Waals surface area contributed by atoms with Crippen molar-refractivity contribution in [2.75, 3.05) is 13.1 Å². The van der Waals surface area contributed by atoms with Crippen LogP contribution in [0.15, 0.2) is 72.1 Å². The van der Waals surface area contributed by atoms with Crippen LogP contribution in [-0.2, 0) is 15.1 Å². The third kappa shape index (κ3) is 2.64. The first kappa shape index (κ1) is 15.9. The van der Waals surface area contributed by atoms with Gasteiger partial charge in [0.1, 0.15) is 0 Å². The van der Waals surface area contributed by atoms with E-state index in [1.807, 2.05) is 36.4 Å². The van der Waals surface area contributed by atoms with Gasteiger partial charge in [-0.3, -0.25) is 4.79 Å². The van der Waals surface area contributed by atoms with Crippen LogP contribution in [0.1, 0.15) is 37.3 Å². The minimum Gasteiger partial charge on any atom is -0.462 e. The van der Waals surface area contributed by atoms with E-state index in [1.165, 1.54) is 0 Å². The smallest absolute Gasteiger partial charge is 0.197 e. The van der Waals surface area contributed by atoms with E-state index in [2.05, 4.69) is 36.1 Å². The lowest BCUT2D eigenvalue weighted by atomic mass is 9.81. The fourth-order valence-electron chi connectivity index (χ4n) is 3.94. The summed E-state index contributed by atoms with van der Waals surface area (Å²) in [5.41, 5.74) is 2.44. The van der Waals surface area contributed by atoms with Gasteiger partial charge in [-0.15, -0.1) is 0 Å². The number of rotatable bonds is 4. The summed E-state index contributed by atoms with van der Waals surface area (Å²) < 4.78 is 6.65. The van der Waals surface area contributed by atoms with Crippen molar-refractivity contribution in [3.63, 3.8) is 0 Å². The van der Waals surface area contributed by atoms with E-state index < -0.39 is 5.60 Å². The van der Waals surface area contributed by atoms with Crippen LogP contribution in [0.3, 0.4) is 0 Å². The molecule has 2 heterocycles. The third-order valence-corrected chi connectivity index (χ3v) is 5.16. The maximum atomic E-state index is 12.6. The SMILES string of the molecule is CCCN1CCC(=O)C2=C1OC(c1ccccc1)(c1ccccc1)C2. The van der Waals surface area contributed by atoms with E-state index in [9.17, 15) is 4.79 Å². The predicted octanol–water partition coefficient (Wildman–Crippen LogP) is 4.25. The molecule has 128 valence electrons. The van der Waals surface area contributed by atoms with E-state index in [1.54, 1.807) is 0 Å². The van der Waals surface area contributed by atoms with Crippen LogP contribution in [0, 0.1) is 0 Å². The molecule has 0 spiro atoms. The largest absolute Gasteiger partial charge is 0.462 e. The van der Waals surface area contributed by atoms with Crippen molar-refractivity contribution in [1.82, 2.24) is 4.90 Å². The van der Waals surface area contributed by atoms with E-state index in [-0.39, 0.29) is 5.78 Å². The van der Waals surface area contributed by atoms with Crippen molar-refractivity contribution in [2.24, 2.45) is 0 Å². The topological polar surface area (TPSA) is 29.5 Å². The fourth-order valence-corrected chi connectivity index (χ4v) is 3.94. The lowest BCUT2D eigenvalue weighted by molar-refractivity contribution is -0.117. The first-order valence-electron chi connectivity index (χ1n) is 9.06. The van der Waals surface area contributed by atoms with Gasteiger partial charge >= 0.3 is 0 Å². The molecule has 3 heteroatoms. The van der Waals surface area contributed by atoms with Gasteiger partial charge in [-0.1, -0.05) is 67.6 Å². The quantitative estimate of drug-likeness (QED) is 0.838. The molecular weight excluding hydrogens is 310 g/mol. The van der Waals surface area contributed by atoms with Crippen LogP contribution in [0.5, 0.6) is 0 Å². The van der Waals surface area contributed by atoms with Crippen LogP contribution in [0.25, 0.3) is 0 Å². The van der Waals surface area contributed by atoms with Gasteiger partial charge in [-0.25, -0.2) is 0 Å². The zero-order valence-electron chi connectivity index (χ0n) is 14.6. The molecule has 2 aromatic carbocycles. The van der Waals surface area contributed by atoms with Gasteiger partial charge in [0.15, 0.2) is 17.3 Å². The van der Waals surface area contributed by atoms with Crippen molar-refractivity contribution in [2.45, 2.75) is 31.8 Å². The molecule has 0 saturated heterocycles. The molecule has 0 bridgehead atoms. The number of ether oxygens (including phenoxy) is 1. The minimum absolute atomic E-state index is 0.232. The Hall–Kier alpha value is -2.55. The monoisotopic (exact) mass is 333 g/mol. The lowest BCUT2D eigenvalue weighted by Crippen LogP contribution is -2.33. The summed E-state index contributed by atoms with van der Waals surface area (Å²) in [7, 11) is 0. The second-order valence-electron chi connectivity index (χ2n) is 6.78. The van der Waals surface area contributed by atoms with E-state index in [0.717, 1.165) is 42.1 Å². The molecule has 0 amide bonds. The molecule has 0 N–H and O–H groups in total. The normalized spacial score (nSPS) is 18.9. The Bertz CT molecular complexity index is 756. The minimum atomic E-state index is -0.612. The molecule has 0 saturated carbocycles. The van der Waals surface area contributed by atoms with Crippen molar-refractivity contribution in [1.29, 1.82) is 0 Å². The summed E-state index contributed by atoms with van der Waals surface area (Å²) in [6.07, 6.45) is 2.23. The van der Waals surface area contributed by atoms with Crippen LogP contribution >= 0.6 is 0 Å². The molecule has 0 radical (unpaired) electrons. The summed E-state index contributed by atoms with van der Waals surface area (Å²) >= 11 is 0. The Labute approximate surface area is 148 Å². The summed E-state index contributed by atoms with van der Waals surface area (Å²) in [6.45, 7) is 3.84. The summed E-state index contributed by atoms with van der Waals surface area (Å²) in [5.74, 6) is 1.03. The first-order chi connectivity index (χ1) is 12.2. The number of nitrogens with zero attached hydrogens (tertiary/aromatic N) is 1. The average Bonchev–Trinajstić information content (AvgIpc) is 3.09. The van der Waals surface area contributed by atoms with Gasteiger partial charge in [0, 0.05) is 37.1 Å². The highest BCUT2D eigenvalue weighted by molar-refractivity contribution is 5.97. The Morgan fingerprint density at radius 2 is 1.60 bits per heavy atom. The van der Waals surface area contributed by atoms with Gasteiger partial charge in [0.05, 0.1) is 5.57 Å². The highest BCUT2D eigenvalue weighted by atomic mass is 16.5. The van der Waals surface area contributed by atoms with E-state index in [4.69, 9.17) is 4.74 Å². The molecule has 0 unspecified atom stereocenters. The molecule has 0 fully saturated rings. The molecular formula is C22H23NO2. The molecule has 2 aliphatic rings. The van der Waals surface area contributed by atoms with Crippen molar-refractivity contribution >= 4 is 5.78 Å². The standard InChI is InChI=1S/C22H23NO2/c1-2-14-23-15-13-20(24)19-16-22(25-21(19)23,17-9-5-3-6-10-17)18-11-7-4-8-12-18/h3-12H,2,13-16H2,1H3. The third-order valence-electron chi connectivity index (χ3n) is 5.16. The van der Waals surface area contributed by atoms with Gasteiger partial charge in [0.2, 0.25) is 0 Å². The number of ketones is 1. The van der Waals surface area contributed by atoms with Crippen LogP contribution < -0.4 is 0 Å². The second-order valence-corrected chi connectivity index (χ2v) is 6.78. The Morgan fingerprint density at radius 1 is 1.00 bits per heavy atom. The van der Waals surface area contributed by atoms with Crippen LogP contribution in [0.2, 0.25) is 0 Å². The van der Waals surface area contributed by atoms with Gasteiger partial charge < -0.3 is 9.64 Å².